The fourth-order valence-corrected chi connectivity index (χ4v) is 2.95. The van der Waals surface area contributed by atoms with Crippen LogP contribution in [0.4, 0.5) is 10.1 Å². The van der Waals surface area contributed by atoms with Crippen LogP contribution in [0.5, 0.6) is 0 Å². The molecule has 0 aliphatic carbocycles. The molecule has 1 heterocycles. The maximum atomic E-state index is 12.9. The van der Waals surface area contributed by atoms with Gasteiger partial charge in [0.25, 0.3) is 0 Å². The number of nitrogens with one attached hydrogen (secondary N) is 1. The predicted octanol–water partition coefficient (Wildman–Crippen LogP) is 3.26. The monoisotopic (exact) mass is 390 g/mol. The van der Waals surface area contributed by atoms with Crippen molar-refractivity contribution in [3.63, 3.8) is 0 Å². The van der Waals surface area contributed by atoms with Gasteiger partial charge >= 0.3 is 0 Å². The molecule has 2 amide bonds. The highest BCUT2D eigenvalue weighted by Gasteiger charge is 2.34. The summed E-state index contributed by atoms with van der Waals surface area (Å²) in [5, 5.41) is 2.81. The lowest BCUT2D eigenvalue weighted by molar-refractivity contribution is -0.126. The quantitative estimate of drug-likeness (QED) is 0.870. The van der Waals surface area contributed by atoms with Crippen molar-refractivity contribution in [3.8, 4) is 0 Å². The number of carbonyl (C=O) groups excluding carboxylic acids is 2. The molecule has 0 radical (unpaired) electrons. The second-order valence-corrected chi connectivity index (χ2v) is 6.64. The number of nitrogens with zero attached hydrogens (tertiary/aromatic N) is 1. The fourth-order valence-electron chi connectivity index (χ4n) is 2.69. The van der Waals surface area contributed by atoms with Crippen LogP contribution in [-0.4, -0.2) is 18.4 Å². The third-order valence-corrected chi connectivity index (χ3v) is 4.54. The van der Waals surface area contributed by atoms with Crippen LogP contribution in [0, 0.1) is 11.7 Å². The number of anilines is 1. The lowest BCUT2D eigenvalue weighted by atomic mass is 10.1. The Balaban J connectivity index is 1.59. The topological polar surface area (TPSA) is 49.4 Å². The van der Waals surface area contributed by atoms with Gasteiger partial charge in [-0.05, 0) is 42.0 Å². The number of rotatable bonds is 4. The standard InChI is InChI=1S/C18H16BrFN2O2/c19-14-3-7-16(8-4-14)22-11-13(9-17(22)23)18(24)21-10-12-1-5-15(20)6-2-12/h1-8,13H,9-11H2,(H,21,24)/t13-/m1/s1. The number of halogens is 2. The summed E-state index contributed by atoms with van der Waals surface area (Å²) in [4.78, 5) is 26.1. The Morgan fingerprint density at radius 3 is 2.50 bits per heavy atom. The van der Waals surface area contributed by atoms with Gasteiger partial charge in [-0.1, -0.05) is 28.1 Å². The van der Waals surface area contributed by atoms with Gasteiger partial charge in [-0.2, -0.15) is 0 Å². The second kappa shape index (κ2) is 7.13. The predicted molar refractivity (Wildman–Crippen MR) is 92.8 cm³/mol. The minimum Gasteiger partial charge on any atom is -0.352 e. The van der Waals surface area contributed by atoms with Crippen LogP contribution in [0.25, 0.3) is 0 Å². The summed E-state index contributed by atoms with van der Waals surface area (Å²) < 4.78 is 13.8. The normalized spacial score (nSPS) is 17.2. The first-order valence-corrected chi connectivity index (χ1v) is 8.40. The molecular formula is C18H16BrFN2O2. The van der Waals surface area contributed by atoms with E-state index in [1.54, 1.807) is 17.0 Å². The van der Waals surface area contributed by atoms with E-state index in [4.69, 9.17) is 0 Å². The van der Waals surface area contributed by atoms with Gasteiger partial charge in [0.15, 0.2) is 0 Å². The third kappa shape index (κ3) is 3.82. The number of hydrogen-bond acceptors (Lipinski definition) is 2. The summed E-state index contributed by atoms with van der Waals surface area (Å²) in [6.07, 6.45) is 0.200. The van der Waals surface area contributed by atoms with Gasteiger partial charge in [-0.3, -0.25) is 9.59 Å². The second-order valence-electron chi connectivity index (χ2n) is 5.73. The van der Waals surface area contributed by atoms with E-state index in [0.717, 1.165) is 15.7 Å². The Bertz CT molecular complexity index is 747. The van der Waals surface area contributed by atoms with E-state index in [0.29, 0.717) is 13.1 Å². The van der Waals surface area contributed by atoms with Crippen LogP contribution < -0.4 is 10.2 Å². The average Bonchev–Trinajstić information content (AvgIpc) is 2.97. The highest BCUT2D eigenvalue weighted by Crippen LogP contribution is 2.26. The summed E-state index contributed by atoms with van der Waals surface area (Å²) in [6.45, 7) is 0.692. The molecule has 124 valence electrons. The van der Waals surface area contributed by atoms with Crippen LogP contribution in [0.2, 0.25) is 0 Å². The van der Waals surface area contributed by atoms with Gasteiger partial charge in [0.1, 0.15) is 5.82 Å². The molecule has 6 heteroatoms. The molecule has 4 nitrogen and oxygen atoms in total. The van der Waals surface area contributed by atoms with Crippen molar-refractivity contribution in [2.75, 3.05) is 11.4 Å². The zero-order valence-electron chi connectivity index (χ0n) is 12.8. The lowest BCUT2D eigenvalue weighted by Gasteiger charge is -2.16. The number of carbonyl (C=O) groups is 2. The molecule has 1 fully saturated rings. The highest BCUT2D eigenvalue weighted by molar-refractivity contribution is 9.10. The van der Waals surface area contributed by atoms with Crippen LogP contribution >= 0.6 is 15.9 Å². The Labute approximate surface area is 147 Å². The number of benzene rings is 2. The maximum absolute atomic E-state index is 12.9. The van der Waals surface area contributed by atoms with Crippen LogP contribution in [0.3, 0.4) is 0 Å². The first-order chi connectivity index (χ1) is 11.5. The molecule has 1 aliphatic rings. The molecule has 0 aromatic heterocycles. The smallest absolute Gasteiger partial charge is 0.227 e. The molecule has 0 spiro atoms. The molecule has 24 heavy (non-hydrogen) atoms. The number of amides is 2. The molecule has 1 saturated heterocycles. The van der Waals surface area contributed by atoms with E-state index in [1.807, 2.05) is 24.3 Å². The summed E-state index contributed by atoms with van der Waals surface area (Å²) in [6, 6.07) is 13.4. The van der Waals surface area contributed by atoms with Crippen molar-refractivity contribution in [3.05, 3.63) is 64.4 Å². The van der Waals surface area contributed by atoms with Gasteiger partial charge in [0, 0.05) is 29.7 Å². The maximum Gasteiger partial charge on any atom is 0.227 e. The highest BCUT2D eigenvalue weighted by atomic mass is 79.9. The Morgan fingerprint density at radius 2 is 1.83 bits per heavy atom. The third-order valence-electron chi connectivity index (χ3n) is 4.01. The van der Waals surface area contributed by atoms with Crippen LogP contribution in [0.15, 0.2) is 53.0 Å². The van der Waals surface area contributed by atoms with Crippen LogP contribution in [-0.2, 0) is 16.1 Å². The molecule has 1 N–H and O–H groups in total. The SMILES string of the molecule is O=C(NCc1ccc(F)cc1)[C@@H]1CC(=O)N(c2ccc(Br)cc2)C1. The summed E-state index contributed by atoms with van der Waals surface area (Å²) in [7, 11) is 0. The summed E-state index contributed by atoms with van der Waals surface area (Å²) in [5.41, 5.74) is 1.61. The first kappa shape index (κ1) is 16.6. The molecule has 3 rings (SSSR count). The molecule has 0 bridgehead atoms. The Kier molecular flexibility index (Phi) is 4.94. The van der Waals surface area contributed by atoms with Crippen molar-refractivity contribution >= 4 is 33.4 Å². The van der Waals surface area contributed by atoms with Gasteiger partial charge < -0.3 is 10.2 Å². The number of hydrogen-bond donors (Lipinski definition) is 1. The molecule has 1 aliphatic heterocycles. The average molecular weight is 391 g/mol. The van der Waals surface area contributed by atoms with Crippen molar-refractivity contribution in [1.29, 1.82) is 0 Å². The molecule has 1 atom stereocenters. The van der Waals surface area contributed by atoms with E-state index >= 15 is 0 Å². The summed E-state index contributed by atoms with van der Waals surface area (Å²) in [5.74, 6) is -0.898. The molecule has 2 aromatic carbocycles. The Hall–Kier alpha value is -2.21. The molecular weight excluding hydrogens is 375 g/mol. The van der Waals surface area contributed by atoms with Gasteiger partial charge in [0.05, 0.1) is 5.92 Å². The van der Waals surface area contributed by atoms with Gasteiger partial charge in [0.2, 0.25) is 11.8 Å². The van der Waals surface area contributed by atoms with Crippen molar-refractivity contribution in [2.45, 2.75) is 13.0 Å². The van der Waals surface area contributed by atoms with Crippen molar-refractivity contribution < 1.29 is 14.0 Å². The minimum absolute atomic E-state index is 0.0562. The lowest BCUT2D eigenvalue weighted by Crippen LogP contribution is -2.32. The minimum atomic E-state index is -0.374. The Morgan fingerprint density at radius 1 is 1.17 bits per heavy atom. The molecule has 2 aromatic rings. The largest absolute Gasteiger partial charge is 0.352 e. The van der Waals surface area contributed by atoms with E-state index in [-0.39, 0.29) is 30.0 Å². The van der Waals surface area contributed by atoms with E-state index < -0.39 is 0 Å². The first-order valence-electron chi connectivity index (χ1n) is 7.61. The van der Waals surface area contributed by atoms with E-state index in [2.05, 4.69) is 21.2 Å². The zero-order chi connectivity index (χ0) is 17.1. The molecule has 0 saturated carbocycles. The zero-order valence-corrected chi connectivity index (χ0v) is 14.4. The van der Waals surface area contributed by atoms with E-state index in [9.17, 15) is 14.0 Å². The van der Waals surface area contributed by atoms with Crippen molar-refractivity contribution in [2.24, 2.45) is 5.92 Å². The fraction of sp³-hybridized carbons (Fsp3) is 0.222. The van der Waals surface area contributed by atoms with Crippen LogP contribution in [0.1, 0.15) is 12.0 Å². The van der Waals surface area contributed by atoms with Gasteiger partial charge in [-0.25, -0.2) is 4.39 Å². The van der Waals surface area contributed by atoms with Gasteiger partial charge in [-0.15, -0.1) is 0 Å². The van der Waals surface area contributed by atoms with E-state index in [1.165, 1.54) is 12.1 Å². The molecule has 0 unspecified atom stereocenters. The summed E-state index contributed by atoms with van der Waals surface area (Å²) >= 11 is 3.36. The van der Waals surface area contributed by atoms with Crippen molar-refractivity contribution in [1.82, 2.24) is 5.32 Å².